The molecule has 4 heteroatoms. The molecule has 0 unspecified atom stereocenters. The molecule has 2 N–H and O–H groups in total. The molecule has 3 aromatic rings. The molecule has 21 heavy (non-hydrogen) atoms. The highest BCUT2D eigenvalue weighted by Gasteiger charge is 2.05. The van der Waals surface area contributed by atoms with Crippen molar-refractivity contribution in [2.75, 3.05) is 0 Å². The minimum absolute atomic E-state index is 0.899. The highest BCUT2D eigenvalue weighted by Crippen LogP contribution is 2.09. The zero-order valence-electron chi connectivity index (χ0n) is 13.0. The summed E-state index contributed by atoms with van der Waals surface area (Å²) in [5.41, 5.74) is 3.96. The van der Waals surface area contributed by atoms with Crippen molar-refractivity contribution >= 4 is 0 Å². The largest absolute Gasteiger partial charge is 0.250 e. The maximum absolute atomic E-state index is 3.07. The molecule has 0 saturated carbocycles. The van der Waals surface area contributed by atoms with Gasteiger partial charge < -0.3 is 0 Å². The summed E-state index contributed by atoms with van der Waals surface area (Å²) in [5, 5.41) is 0. The molecule has 4 nitrogen and oxygen atoms in total. The Hall–Kier alpha value is -2.36. The van der Waals surface area contributed by atoms with Gasteiger partial charge in [-0.25, -0.2) is 9.13 Å². The highest BCUT2D eigenvalue weighted by molar-refractivity contribution is 5.28. The third kappa shape index (κ3) is 4.31. The quantitative estimate of drug-likeness (QED) is 0.691. The summed E-state index contributed by atoms with van der Waals surface area (Å²) in [4.78, 5) is 6.14. The van der Waals surface area contributed by atoms with Crippen LogP contribution in [0.25, 0.3) is 0 Å². The lowest BCUT2D eigenvalue weighted by atomic mass is 10.1. The third-order valence-electron chi connectivity index (χ3n) is 3.13. The maximum Gasteiger partial charge on any atom is 0.241 e. The van der Waals surface area contributed by atoms with E-state index in [4.69, 9.17) is 0 Å². The number of nitrogens with one attached hydrogen (secondary N) is 2. The van der Waals surface area contributed by atoms with Gasteiger partial charge in [-0.15, -0.1) is 0 Å². The van der Waals surface area contributed by atoms with E-state index in [0.717, 1.165) is 13.1 Å². The number of aromatic amines is 2. The van der Waals surface area contributed by atoms with E-state index in [2.05, 4.69) is 44.2 Å². The smallest absolute Gasteiger partial charge is 0.241 e. The van der Waals surface area contributed by atoms with Gasteiger partial charge >= 0.3 is 0 Å². The third-order valence-corrected chi connectivity index (χ3v) is 3.13. The summed E-state index contributed by atoms with van der Waals surface area (Å²) in [7, 11) is 0. The molecule has 0 atom stereocenters. The number of aromatic nitrogens is 4. The van der Waals surface area contributed by atoms with Crippen LogP contribution in [0.1, 0.15) is 30.5 Å². The predicted molar refractivity (Wildman–Crippen MR) is 82.7 cm³/mol. The second-order valence-electron chi connectivity index (χ2n) is 4.89. The first-order valence-corrected chi connectivity index (χ1v) is 7.43. The normalized spacial score (nSPS) is 10.0. The Balaban J connectivity index is 0.000000774. The Morgan fingerprint density at radius 3 is 1.67 bits per heavy atom. The molecule has 0 saturated heterocycles. The number of nitrogens with zero attached hydrogens (tertiary/aromatic N) is 2. The fraction of sp³-hybridized carbons (Fsp3) is 0.294. The van der Waals surface area contributed by atoms with Crippen LogP contribution in [0.5, 0.6) is 0 Å². The zero-order chi connectivity index (χ0) is 15.1. The summed E-state index contributed by atoms with van der Waals surface area (Å²) in [6, 6.07) is 6.75. The van der Waals surface area contributed by atoms with Crippen molar-refractivity contribution in [1.29, 1.82) is 0 Å². The Morgan fingerprint density at radius 1 is 0.810 bits per heavy atom. The second-order valence-corrected chi connectivity index (χ2v) is 4.89. The van der Waals surface area contributed by atoms with E-state index >= 15 is 0 Å². The van der Waals surface area contributed by atoms with E-state index in [-0.39, 0.29) is 0 Å². The van der Waals surface area contributed by atoms with Crippen molar-refractivity contribution < 1.29 is 9.13 Å². The van der Waals surface area contributed by atoms with Gasteiger partial charge in [0.2, 0.25) is 12.7 Å². The van der Waals surface area contributed by atoms with Crippen LogP contribution in [0.2, 0.25) is 0 Å². The number of imidazole rings is 2. The van der Waals surface area contributed by atoms with E-state index in [9.17, 15) is 0 Å². The average Bonchev–Trinajstić information content (AvgIpc) is 3.14. The van der Waals surface area contributed by atoms with E-state index < -0.39 is 0 Å². The van der Waals surface area contributed by atoms with Crippen molar-refractivity contribution in [3.8, 4) is 0 Å². The Labute approximate surface area is 126 Å². The maximum atomic E-state index is 3.07. The van der Waals surface area contributed by atoms with Crippen molar-refractivity contribution in [2.24, 2.45) is 0 Å². The molecule has 0 aliphatic heterocycles. The van der Waals surface area contributed by atoms with Crippen LogP contribution in [0.4, 0.5) is 0 Å². The van der Waals surface area contributed by atoms with Crippen LogP contribution >= 0.6 is 0 Å². The molecule has 110 valence electrons. The first-order chi connectivity index (χ1) is 10.3. The highest BCUT2D eigenvalue weighted by atomic mass is 15.0. The molecule has 0 fully saturated rings. The molecule has 0 spiro atoms. The topological polar surface area (TPSA) is 39.3 Å². The van der Waals surface area contributed by atoms with Crippen LogP contribution in [-0.2, 0) is 13.1 Å². The van der Waals surface area contributed by atoms with Gasteiger partial charge in [0.1, 0.15) is 37.9 Å². The predicted octanol–water partition coefficient (Wildman–Crippen LogP) is 2.35. The van der Waals surface area contributed by atoms with Crippen LogP contribution < -0.4 is 9.13 Å². The van der Waals surface area contributed by atoms with Gasteiger partial charge in [-0.1, -0.05) is 31.5 Å². The molecule has 2 aromatic heterocycles. The molecule has 0 aliphatic rings. The van der Waals surface area contributed by atoms with E-state index in [1.807, 2.05) is 51.3 Å². The Bertz CT molecular complexity index is 585. The van der Waals surface area contributed by atoms with Gasteiger partial charge in [-0.3, -0.25) is 9.97 Å². The second kappa shape index (κ2) is 7.43. The summed E-state index contributed by atoms with van der Waals surface area (Å²) in [6.07, 6.45) is 11.9. The fourth-order valence-electron chi connectivity index (χ4n) is 2.39. The van der Waals surface area contributed by atoms with Gasteiger partial charge in [-0.05, 0) is 24.1 Å². The summed E-state index contributed by atoms with van der Waals surface area (Å²) >= 11 is 0. The molecule has 0 radical (unpaired) electrons. The molecular weight excluding hydrogens is 260 g/mol. The van der Waals surface area contributed by atoms with E-state index in [0.29, 0.717) is 0 Å². The van der Waals surface area contributed by atoms with Crippen LogP contribution in [0.15, 0.2) is 55.6 Å². The minimum Gasteiger partial charge on any atom is -0.250 e. The number of rotatable bonds is 4. The van der Waals surface area contributed by atoms with Crippen molar-refractivity contribution in [1.82, 2.24) is 9.97 Å². The number of hydrogen-bond donors (Lipinski definition) is 2. The molecule has 1 aromatic carbocycles. The first kappa shape index (κ1) is 15.0. The van der Waals surface area contributed by atoms with Crippen molar-refractivity contribution in [3.05, 3.63) is 72.3 Å². The van der Waals surface area contributed by atoms with Gasteiger partial charge in [0, 0.05) is 0 Å². The van der Waals surface area contributed by atoms with Crippen LogP contribution in [0, 0.1) is 6.92 Å². The number of aryl methyl sites for hydroxylation is 1. The Morgan fingerprint density at radius 2 is 1.29 bits per heavy atom. The van der Waals surface area contributed by atoms with Gasteiger partial charge in [0.05, 0.1) is 0 Å². The first-order valence-electron chi connectivity index (χ1n) is 7.43. The number of hydrogen-bond acceptors (Lipinski definition) is 0. The lowest BCUT2D eigenvalue weighted by Gasteiger charge is -2.05. The van der Waals surface area contributed by atoms with Gasteiger partial charge in [0.25, 0.3) is 0 Å². The van der Waals surface area contributed by atoms with Crippen LogP contribution in [-0.4, -0.2) is 9.97 Å². The van der Waals surface area contributed by atoms with Crippen molar-refractivity contribution in [2.45, 2.75) is 33.9 Å². The lowest BCUT2D eigenvalue weighted by Crippen LogP contribution is -2.32. The van der Waals surface area contributed by atoms with Crippen molar-refractivity contribution in [3.63, 3.8) is 0 Å². The standard InChI is InChI=1S/C15H16N4.C2H6/c1-13-6-14(9-18-4-2-16-11-18)8-15(7-13)10-19-5-3-17-12-19;1-2/h2-8,11-12H,9-10H2,1H3;1-2H3/p+2. The number of benzene rings is 1. The molecule has 3 rings (SSSR count). The fourth-order valence-corrected chi connectivity index (χ4v) is 2.39. The molecule has 0 bridgehead atoms. The molecule has 2 heterocycles. The summed E-state index contributed by atoms with van der Waals surface area (Å²) in [5.74, 6) is 0. The van der Waals surface area contributed by atoms with Gasteiger partial charge in [-0.2, -0.15) is 0 Å². The monoisotopic (exact) mass is 284 g/mol. The zero-order valence-corrected chi connectivity index (χ0v) is 13.0. The van der Waals surface area contributed by atoms with E-state index in [1.165, 1.54) is 16.7 Å². The van der Waals surface area contributed by atoms with Crippen LogP contribution in [0.3, 0.4) is 0 Å². The minimum atomic E-state index is 0.899. The average molecular weight is 284 g/mol. The molecular formula is C17H24N4+2. The van der Waals surface area contributed by atoms with Gasteiger partial charge in [0.15, 0.2) is 0 Å². The lowest BCUT2D eigenvalue weighted by molar-refractivity contribution is -0.688. The number of H-pyrrole nitrogens is 2. The summed E-state index contributed by atoms with van der Waals surface area (Å²) < 4.78 is 4.28. The summed E-state index contributed by atoms with van der Waals surface area (Å²) in [6.45, 7) is 7.95. The van der Waals surface area contributed by atoms with E-state index in [1.54, 1.807) is 0 Å². The molecule has 0 aliphatic carbocycles. The SMILES string of the molecule is CC.Cc1cc(C[n+]2cc[nH]c2)cc(C[n+]2cc[nH]c2)c1. The molecule has 0 amide bonds. The Kier molecular flexibility index (Phi) is 5.32.